The summed E-state index contributed by atoms with van der Waals surface area (Å²) in [7, 11) is 0. The van der Waals surface area contributed by atoms with Crippen LogP contribution in [0.25, 0.3) is 0 Å². The maximum atomic E-state index is 11.6. The summed E-state index contributed by atoms with van der Waals surface area (Å²) in [5, 5.41) is 3.01. The van der Waals surface area contributed by atoms with Crippen LogP contribution in [0, 0.1) is 0 Å². The van der Waals surface area contributed by atoms with Crippen molar-refractivity contribution < 1.29 is 9.59 Å². The third kappa shape index (κ3) is 4.35. The van der Waals surface area contributed by atoms with Crippen molar-refractivity contribution in [2.45, 2.75) is 19.3 Å². The predicted octanol–water partition coefficient (Wildman–Crippen LogP) is 1.51. The summed E-state index contributed by atoms with van der Waals surface area (Å²) in [6, 6.07) is 4.50. The highest BCUT2D eigenvalue weighted by Crippen LogP contribution is 2.23. The average molecular weight is 270 g/mol. The number of hydrogen-bond donors (Lipinski definition) is 3. The summed E-state index contributed by atoms with van der Waals surface area (Å²) in [4.78, 5) is 22.6. The van der Waals surface area contributed by atoms with Gasteiger partial charge in [0.1, 0.15) is 0 Å². The van der Waals surface area contributed by atoms with E-state index in [1.54, 1.807) is 0 Å². The minimum absolute atomic E-state index is 0.160. The second-order valence-electron chi connectivity index (χ2n) is 3.85. The van der Waals surface area contributed by atoms with E-state index >= 15 is 0 Å². The number of anilines is 1. The molecule has 0 saturated heterocycles. The highest BCUT2D eigenvalue weighted by Gasteiger charge is 2.08. The maximum absolute atomic E-state index is 11.6. The number of carbonyl (C=O) groups is 2. The SMILES string of the molecule is NCCCCC(=O)Nc1cc(C(N)=O)ccc1Cl. The first-order valence-electron chi connectivity index (χ1n) is 5.64. The first kappa shape index (κ1) is 14.5. The second kappa shape index (κ2) is 6.98. The Morgan fingerprint density at radius 3 is 2.61 bits per heavy atom. The van der Waals surface area contributed by atoms with E-state index in [0.717, 1.165) is 12.8 Å². The molecule has 0 radical (unpaired) electrons. The third-order valence-corrected chi connectivity index (χ3v) is 2.71. The van der Waals surface area contributed by atoms with Gasteiger partial charge in [0.15, 0.2) is 0 Å². The summed E-state index contributed by atoms with van der Waals surface area (Å²) in [5.74, 6) is -0.725. The van der Waals surface area contributed by atoms with E-state index in [4.69, 9.17) is 23.1 Å². The van der Waals surface area contributed by atoms with E-state index < -0.39 is 5.91 Å². The average Bonchev–Trinajstić information content (AvgIpc) is 2.32. The molecule has 18 heavy (non-hydrogen) atoms. The van der Waals surface area contributed by atoms with Crippen LogP contribution in [0.2, 0.25) is 5.02 Å². The summed E-state index contributed by atoms with van der Waals surface area (Å²) < 4.78 is 0. The molecule has 5 N–H and O–H groups in total. The highest BCUT2D eigenvalue weighted by atomic mass is 35.5. The summed E-state index contributed by atoms with van der Waals surface area (Å²) in [6.07, 6.45) is 1.88. The van der Waals surface area contributed by atoms with Crippen LogP contribution in [0.15, 0.2) is 18.2 Å². The zero-order valence-electron chi connectivity index (χ0n) is 9.91. The first-order chi connectivity index (χ1) is 8.54. The Labute approximate surface area is 110 Å². The Morgan fingerprint density at radius 1 is 1.28 bits per heavy atom. The molecular weight excluding hydrogens is 254 g/mol. The number of benzene rings is 1. The molecule has 6 heteroatoms. The topological polar surface area (TPSA) is 98.2 Å². The number of carbonyl (C=O) groups excluding carboxylic acids is 2. The van der Waals surface area contributed by atoms with Crippen molar-refractivity contribution in [3.63, 3.8) is 0 Å². The molecule has 0 saturated carbocycles. The molecule has 0 fully saturated rings. The van der Waals surface area contributed by atoms with Gasteiger partial charge in [-0.25, -0.2) is 0 Å². The number of unbranched alkanes of at least 4 members (excludes halogenated alkanes) is 1. The van der Waals surface area contributed by atoms with E-state index in [2.05, 4.69) is 5.32 Å². The summed E-state index contributed by atoms with van der Waals surface area (Å²) >= 11 is 5.92. The lowest BCUT2D eigenvalue weighted by Gasteiger charge is -2.08. The number of hydrogen-bond acceptors (Lipinski definition) is 3. The van der Waals surface area contributed by atoms with E-state index in [1.165, 1.54) is 18.2 Å². The van der Waals surface area contributed by atoms with Gasteiger partial charge in [-0.3, -0.25) is 9.59 Å². The summed E-state index contributed by atoms with van der Waals surface area (Å²) in [6.45, 7) is 0.561. The third-order valence-electron chi connectivity index (χ3n) is 2.38. The van der Waals surface area contributed by atoms with Gasteiger partial charge < -0.3 is 16.8 Å². The fourth-order valence-electron chi connectivity index (χ4n) is 1.42. The van der Waals surface area contributed by atoms with Crippen molar-refractivity contribution in [1.82, 2.24) is 0 Å². The Kier molecular flexibility index (Phi) is 5.61. The number of amides is 2. The standard InChI is InChI=1S/C12H16ClN3O2/c13-9-5-4-8(12(15)18)7-10(9)16-11(17)3-1-2-6-14/h4-5,7H,1-3,6,14H2,(H2,15,18)(H,16,17). The number of halogens is 1. The molecule has 1 rings (SSSR count). The van der Waals surface area contributed by atoms with E-state index in [9.17, 15) is 9.59 Å². The lowest BCUT2D eigenvalue weighted by Crippen LogP contribution is -2.14. The molecule has 0 spiro atoms. The van der Waals surface area contributed by atoms with Gasteiger partial charge in [0.2, 0.25) is 11.8 Å². The highest BCUT2D eigenvalue weighted by molar-refractivity contribution is 6.33. The maximum Gasteiger partial charge on any atom is 0.248 e. The Morgan fingerprint density at radius 2 is 2.00 bits per heavy atom. The molecule has 0 atom stereocenters. The number of rotatable bonds is 6. The molecule has 0 heterocycles. The van der Waals surface area contributed by atoms with Gasteiger partial charge in [0, 0.05) is 12.0 Å². The molecule has 5 nitrogen and oxygen atoms in total. The van der Waals surface area contributed by atoms with Gasteiger partial charge >= 0.3 is 0 Å². The van der Waals surface area contributed by atoms with Crippen LogP contribution in [0.1, 0.15) is 29.6 Å². The van der Waals surface area contributed by atoms with Crippen LogP contribution in [0.3, 0.4) is 0 Å². The van der Waals surface area contributed by atoms with Gasteiger partial charge in [0.25, 0.3) is 0 Å². The lowest BCUT2D eigenvalue weighted by molar-refractivity contribution is -0.116. The summed E-state index contributed by atoms with van der Waals surface area (Å²) in [5.41, 5.74) is 11.2. The van der Waals surface area contributed by atoms with E-state index in [1.807, 2.05) is 0 Å². The smallest absolute Gasteiger partial charge is 0.248 e. The number of nitrogens with one attached hydrogen (secondary N) is 1. The molecule has 98 valence electrons. The monoisotopic (exact) mass is 269 g/mol. The minimum atomic E-state index is -0.565. The van der Waals surface area contributed by atoms with Crippen LogP contribution in [0.4, 0.5) is 5.69 Å². The molecule has 0 aromatic heterocycles. The molecule has 0 aliphatic rings. The van der Waals surface area contributed by atoms with Gasteiger partial charge in [-0.05, 0) is 37.6 Å². The van der Waals surface area contributed by atoms with Crippen LogP contribution in [0.5, 0.6) is 0 Å². The molecule has 0 aliphatic carbocycles. The molecular formula is C12H16ClN3O2. The van der Waals surface area contributed by atoms with Crippen molar-refractivity contribution in [3.8, 4) is 0 Å². The Bertz CT molecular complexity index is 449. The van der Waals surface area contributed by atoms with Gasteiger partial charge in [-0.1, -0.05) is 11.6 Å². The quantitative estimate of drug-likeness (QED) is 0.683. The normalized spacial score (nSPS) is 10.1. The Balaban J connectivity index is 2.68. The van der Waals surface area contributed by atoms with Crippen LogP contribution in [-0.2, 0) is 4.79 Å². The zero-order chi connectivity index (χ0) is 13.5. The van der Waals surface area contributed by atoms with Crippen LogP contribution in [-0.4, -0.2) is 18.4 Å². The number of primary amides is 1. The molecule has 1 aromatic rings. The van der Waals surface area contributed by atoms with Crippen molar-refractivity contribution >= 4 is 29.1 Å². The fourth-order valence-corrected chi connectivity index (χ4v) is 1.58. The molecule has 0 unspecified atom stereocenters. The van der Waals surface area contributed by atoms with E-state index in [-0.39, 0.29) is 5.91 Å². The molecule has 2 amide bonds. The van der Waals surface area contributed by atoms with Gasteiger partial charge in [-0.15, -0.1) is 0 Å². The number of nitrogens with two attached hydrogens (primary N) is 2. The second-order valence-corrected chi connectivity index (χ2v) is 4.26. The van der Waals surface area contributed by atoms with Crippen LogP contribution >= 0.6 is 11.6 Å². The van der Waals surface area contributed by atoms with Crippen molar-refractivity contribution in [3.05, 3.63) is 28.8 Å². The van der Waals surface area contributed by atoms with Crippen molar-refractivity contribution in [2.75, 3.05) is 11.9 Å². The predicted molar refractivity (Wildman–Crippen MR) is 71.5 cm³/mol. The fraction of sp³-hybridized carbons (Fsp3) is 0.333. The van der Waals surface area contributed by atoms with Crippen molar-refractivity contribution in [2.24, 2.45) is 11.5 Å². The lowest BCUT2D eigenvalue weighted by atomic mass is 10.2. The molecule has 0 bridgehead atoms. The van der Waals surface area contributed by atoms with Gasteiger partial charge in [0.05, 0.1) is 10.7 Å². The van der Waals surface area contributed by atoms with Gasteiger partial charge in [-0.2, -0.15) is 0 Å². The minimum Gasteiger partial charge on any atom is -0.366 e. The van der Waals surface area contributed by atoms with Crippen LogP contribution < -0.4 is 16.8 Å². The first-order valence-corrected chi connectivity index (χ1v) is 6.01. The van der Waals surface area contributed by atoms with Crippen molar-refractivity contribution in [1.29, 1.82) is 0 Å². The largest absolute Gasteiger partial charge is 0.366 e. The Hall–Kier alpha value is -1.59. The molecule has 0 aliphatic heterocycles. The zero-order valence-corrected chi connectivity index (χ0v) is 10.7. The molecule has 1 aromatic carbocycles. The van der Waals surface area contributed by atoms with E-state index in [0.29, 0.717) is 29.2 Å².